The molecule has 0 saturated heterocycles. The van der Waals surface area contributed by atoms with Crippen molar-refractivity contribution in [3.8, 4) is 0 Å². The van der Waals surface area contributed by atoms with E-state index < -0.39 is 19.9 Å². The maximum atomic E-state index is 11.6. The molecular formula is C10H14ClNO4S2. The fraction of sp³-hybridized carbons (Fsp3) is 0.400. The Morgan fingerprint density at radius 1 is 1.11 bits per heavy atom. The van der Waals surface area contributed by atoms with Crippen molar-refractivity contribution in [1.82, 2.24) is 0 Å². The molecule has 8 heteroatoms. The monoisotopic (exact) mass is 311 g/mol. The van der Waals surface area contributed by atoms with E-state index in [1.54, 1.807) is 0 Å². The van der Waals surface area contributed by atoms with E-state index in [1.807, 2.05) is 0 Å². The predicted molar refractivity (Wildman–Crippen MR) is 72.3 cm³/mol. The molecule has 0 spiro atoms. The van der Waals surface area contributed by atoms with Crippen LogP contribution in [-0.2, 0) is 19.9 Å². The molecule has 1 aromatic carbocycles. The number of sulfonamides is 1. The lowest BCUT2D eigenvalue weighted by atomic mass is 10.3. The van der Waals surface area contributed by atoms with E-state index in [4.69, 9.17) is 11.6 Å². The van der Waals surface area contributed by atoms with Gasteiger partial charge in [0.2, 0.25) is 10.0 Å². The third-order valence-corrected chi connectivity index (χ3v) is 4.87. The van der Waals surface area contributed by atoms with Gasteiger partial charge in [0.15, 0.2) is 9.84 Å². The Bertz CT molecular complexity index is 593. The second kappa shape index (κ2) is 5.90. The van der Waals surface area contributed by atoms with Crippen LogP contribution in [0.5, 0.6) is 0 Å². The van der Waals surface area contributed by atoms with E-state index in [0.717, 1.165) is 6.26 Å². The molecule has 0 radical (unpaired) electrons. The van der Waals surface area contributed by atoms with Crippen molar-refractivity contribution in [2.75, 3.05) is 22.6 Å². The Morgan fingerprint density at radius 2 is 1.67 bits per heavy atom. The Morgan fingerprint density at radius 3 is 2.11 bits per heavy atom. The Kier molecular flexibility index (Phi) is 5.01. The summed E-state index contributed by atoms with van der Waals surface area (Å²) in [6.07, 6.45) is 1.45. The third kappa shape index (κ3) is 4.83. The van der Waals surface area contributed by atoms with Crippen molar-refractivity contribution in [2.45, 2.75) is 11.3 Å². The van der Waals surface area contributed by atoms with Gasteiger partial charge in [-0.3, -0.25) is 4.72 Å². The fourth-order valence-electron chi connectivity index (χ4n) is 1.25. The van der Waals surface area contributed by atoms with E-state index in [1.165, 1.54) is 24.3 Å². The molecule has 5 nitrogen and oxygen atoms in total. The molecule has 0 saturated carbocycles. The highest BCUT2D eigenvalue weighted by molar-refractivity contribution is 7.92. The van der Waals surface area contributed by atoms with Crippen LogP contribution in [-0.4, -0.2) is 34.7 Å². The highest BCUT2D eigenvalue weighted by Crippen LogP contribution is 2.15. The second-order valence-electron chi connectivity index (χ2n) is 3.76. The summed E-state index contributed by atoms with van der Waals surface area (Å²) in [4.78, 5) is 0.145. The SMILES string of the molecule is CS(=O)(=O)c1ccc(NS(=O)(=O)CCCCl)cc1. The lowest BCUT2D eigenvalue weighted by molar-refractivity contribution is 0.599. The van der Waals surface area contributed by atoms with Crippen LogP contribution in [0.4, 0.5) is 5.69 Å². The average molecular weight is 312 g/mol. The molecule has 1 rings (SSSR count). The summed E-state index contributed by atoms with van der Waals surface area (Å²) in [5.41, 5.74) is 0.331. The van der Waals surface area contributed by atoms with Crippen molar-refractivity contribution in [2.24, 2.45) is 0 Å². The first-order valence-corrected chi connectivity index (χ1v) is 9.19. The number of benzene rings is 1. The Balaban J connectivity index is 2.82. The van der Waals surface area contributed by atoms with Crippen LogP contribution < -0.4 is 4.72 Å². The number of rotatable bonds is 6. The molecule has 1 aromatic rings. The number of alkyl halides is 1. The zero-order chi connectivity index (χ0) is 13.8. The van der Waals surface area contributed by atoms with Crippen molar-refractivity contribution in [3.63, 3.8) is 0 Å². The van der Waals surface area contributed by atoms with Crippen LogP contribution in [0.15, 0.2) is 29.2 Å². The summed E-state index contributed by atoms with van der Waals surface area (Å²) >= 11 is 5.42. The van der Waals surface area contributed by atoms with Gasteiger partial charge in [-0.2, -0.15) is 0 Å². The van der Waals surface area contributed by atoms with Crippen LogP contribution >= 0.6 is 11.6 Å². The molecule has 0 amide bonds. The number of hydrogen-bond donors (Lipinski definition) is 1. The quantitative estimate of drug-likeness (QED) is 0.807. The Labute approximate surface area is 112 Å². The number of anilines is 1. The minimum Gasteiger partial charge on any atom is -0.284 e. The van der Waals surface area contributed by atoms with Gasteiger partial charge < -0.3 is 0 Å². The second-order valence-corrected chi connectivity index (χ2v) is 8.00. The van der Waals surface area contributed by atoms with Crippen LogP contribution in [0.25, 0.3) is 0 Å². The highest BCUT2D eigenvalue weighted by Gasteiger charge is 2.11. The molecule has 0 fully saturated rings. The maximum Gasteiger partial charge on any atom is 0.232 e. The maximum absolute atomic E-state index is 11.6. The van der Waals surface area contributed by atoms with Crippen LogP contribution in [0, 0.1) is 0 Å². The highest BCUT2D eigenvalue weighted by atomic mass is 35.5. The van der Waals surface area contributed by atoms with Gasteiger partial charge in [-0.05, 0) is 30.7 Å². The van der Waals surface area contributed by atoms with Gasteiger partial charge in [-0.15, -0.1) is 11.6 Å². The van der Waals surface area contributed by atoms with Gasteiger partial charge in [-0.25, -0.2) is 16.8 Å². The minimum atomic E-state index is -3.43. The molecule has 18 heavy (non-hydrogen) atoms. The molecule has 0 atom stereocenters. The molecule has 102 valence electrons. The zero-order valence-electron chi connectivity index (χ0n) is 9.76. The molecule has 0 aliphatic carbocycles. The zero-order valence-corrected chi connectivity index (χ0v) is 12.1. The van der Waals surface area contributed by atoms with E-state index in [0.29, 0.717) is 12.1 Å². The van der Waals surface area contributed by atoms with Gasteiger partial charge >= 0.3 is 0 Å². The smallest absolute Gasteiger partial charge is 0.232 e. The first-order valence-electron chi connectivity index (χ1n) is 5.11. The number of halogens is 1. The van der Waals surface area contributed by atoms with Gasteiger partial charge in [0.1, 0.15) is 0 Å². The van der Waals surface area contributed by atoms with Crippen molar-refractivity contribution in [1.29, 1.82) is 0 Å². The van der Waals surface area contributed by atoms with Gasteiger partial charge in [-0.1, -0.05) is 0 Å². The minimum absolute atomic E-state index is 0.0652. The summed E-state index contributed by atoms with van der Waals surface area (Å²) in [5.74, 6) is 0.207. The van der Waals surface area contributed by atoms with E-state index in [-0.39, 0.29) is 16.5 Å². The molecular weight excluding hydrogens is 298 g/mol. The fourth-order valence-corrected chi connectivity index (χ4v) is 3.29. The van der Waals surface area contributed by atoms with Gasteiger partial charge in [0.05, 0.1) is 10.6 Å². The number of hydrogen-bond acceptors (Lipinski definition) is 4. The number of nitrogens with one attached hydrogen (secondary N) is 1. The largest absolute Gasteiger partial charge is 0.284 e. The van der Waals surface area contributed by atoms with Crippen LogP contribution in [0.1, 0.15) is 6.42 Å². The van der Waals surface area contributed by atoms with Gasteiger partial charge in [0, 0.05) is 17.8 Å². The van der Waals surface area contributed by atoms with E-state index in [2.05, 4.69) is 4.72 Å². The van der Waals surface area contributed by atoms with Crippen LogP contribution in [0.3, 0.4) is 0 Å². The normalized spacial score (nSPS) is 12.3. The van der Waals surface area contributed by atoms with E-state index >= 15 is 0 Å². The lowest BCUT2D eigenvalue weighted by Crippen LogP contribution is -2.17. The van der Waals surface area contributed by atoms with Crippen molar-refractivity contribution < 1.29 is 16.8 Å². The molecule has 0 heterocycles. The van der Waals surface area contributed by atoms with Crippen molar-refractivity contribution >= 4 is 37.1 Å². The first kappa shape index (κ1) is 15.3. The molecule has 0 aliphatic heterocycles. The molecule has 0 aromatic heterocycles. The summed E-state index contributed by atoms with van der Waals surface area (Å²) in [7, 11) is -6.70. The summed E-state index contributed by atoms with van der Waals surface area (Å²) in [6, 6.07) is 5.53. The van der Waals surface area contributed by atoms with Crippen molar-refractivity contribution in [3.05, 3.63) is 24.3 Å². The predicted octanol–water partition coefficient (Wildman–Crippen LogP) is 1.46. The number of sulfone groups is 1. The summed E-state index contributed by atoms with van der Waals surface area (Å²) in [5, 5.41) is 0. The standard InChI is InChI=1S/C10H14ClNO4S2/c1-17(13,14)10-5-3-9(4-6-10)12-18(15,16)8-2-7-11/h3-6,12H,2,7-8H2,1H3. The molecule has 0 aliphatic rings. The first-order chi connectivity index (χ1) is 8.24. The third-order valence-electron chi connectivity index (χ3n) is 2.10. The summed E-state index contributed by atoms with van der Waals surface area (Å²) in [6.45, 7) is 0. The Hall–Kier alpha value is -0.790. The topological polar surface area (TPSA) is 80.3 Å². The van der Waals surface area contributed by atoms with E-state index in [9.17, 15) is 16.8 Å². The average Bonchev–Trinajstić information content (AvgIpc) is 2.25. The molecule has 0 unspecified atom stereocenters. The molecule has 0 bridgehead atoms. The molecule has 1 N–H and O–H groups in total. The lowest BCUT2D eigenvalue weighted by Gasteiger charge is -2.07. The van der Waals surface area contributed by atoms with Gasteiger partial charge in [0.25, 0.3) is 0 Å². The summed E-state index contributed by atoms with van der Waals surface area (Å²) < 4.78 is 47.9. The van der Waals surface area contributed by atoms with Crippen LogP contribution in [0.2, 0.25) is 0 Å².